The lowest BCUT2D eigenvalue weighted by molar-refractivity contribution is -0.137. The van der Waals surface area contributed by atoms with Crippen molar-refractivity contribution in [2.75, 3.05) is 26.1 Å². The lowest BCUT2D eigenvalue weighted by Crippen LogP contribution is -2.13. The van der Waals surface area contributed by atoms with Crippen LogP contribution in [0.25, 0.3) is 17.1 Å². The van der Waals surface area contributed by atoms with Gasteiger partial charge in [0.15, 0.2) is 5.82 Å². The minimum absolute atomic E-state index is 0.0418. The predicted molar refractivity (Wildman–Crippen MR) is 140 cm³/mol. The molecule has 0 spiro atoms. The van der Waals surface area contributed by atoms with Crippen LogP contribution in [0.5, 0.6) is 17.5 Å². The Kier molecular flexibility index (Phi) is 8.08. The topological polar surface area (TPSA) is 87.5 Å². The number of alkyl halides is 3. The summed E-state index contributed by atoms with van der Waals surface area (Å²) in [6, 6.07) is 16.4. The molecule has 3 aromatic carbocycles. The fourth-order valence-corrected chi connectivity index (χ4v) is 3.67. The number of hydrogen-bond donors (Lipinski definition) is 1. The summed E-state index contributed by atoms with van der Waals surface area (Å²) in [6.07, 6.45) is -4.51. The van der Waals surface area contributed by atoms with Gasteiger partial charge in [-0.25, -0.2) is 4.68 Å². The average molecular weight is 541 g/mol. The summed E-state index contributed by atoms with van der Waals surface area (Å²) in [5.41, 5.74) is 0.734. The van der Waals surface area contributed by atoms with Crippen molar-refractivity contribution in [1.82, 2.24) is 14.8 Å². The first-order valence-electron chi connectivity index (χ1n) is 12.0. The van der Waals surface area contributed by atoms with Crippen LogP contribution in [0, 0.1) is 5.92 Å². The van der Waals surface area contributed by atoms with Crippen LogP contribution in [-0.2, 0) is 6.18 Å². The molecule has 11 heteroatoms. The minimum atomic E-state index is -4.51. The lowest BCUT2D eigenvalue weighted by atomic mass is 10.1. The number of methoxy groups -OCH3 is 2. The van der Waals surface area contributed by atoms with Crippen LogP contribution >= 0.6 is 0 Å². The molecule has 1 heterocycles. The SMILES string of the molecule is COc1ccc(C(=O)Nc2ccc(-n3nc(OCC(C)C)nc3-c3cccc(C(F)(F)F)c3)cc2)c(OC)c1. The molecule has 0 aliphatic carbocycles. The summed E-state index contributed by atoms with van der Waals surface area (Å²) in [6.45, 7) is 4.25. The fraction of sp³-hybridized carbons (Fsp3) is 0.250. The zero-order valence-corrected chi connectivity index (χ0v) is 21.7. The quantitative estimate of drug-likeness (QED) is 0.270. The Morgan fingerprint density at radius 3 is 2.38 bits per heavy atom. The van der Waals surface area contributed by atoms with Gasteiger partial charge in [-0.15, -0.1) is 5.10 Å². The smallest absolute Gasteiger partial charge is 0.416 e. The van der Waals surface area contributed by atoms with Crippen molar-refractivity contribution in [2.45, 2.75) is 20.0 Å². The Balaban J connectivity index is 1.64. The summed E-state index contributed by atoms with van der Waals surface area (Å²) >= 11 is 0. The standard InChI is InChI=1S/C28H27F3N4O4/c1-17(2)16-39-27-33-25(18-6-5-7-19(14-18)28(29,30)31)35(34-27)21-10-8-20(9-11-21)32-26(36)23-13-12-22(37-3)15-24(23)38-4/h5-15,17H,16H2,1-4H3,(H,32,36). The first-order chi connectivity index (χ1) is 18.6. The molecule has 0 radical (unpaired) electrons. The van der Waals surface area contributed by atoms with E-state index in [1.165, 1.54) is 31.0 Å². The normalized spacial score (nSPS) is 11.4. The van der Waals surface area contributed by atoms with Crippen LogP contribution in [0.1, 0.15) is 29.8 Å². The highest BCUT2D eigenvalue weighted by atomic mass is 19.4. The molecule has 0 aliphatic rings. The van der Waals surface area contributed by atoms with Gasteiger partial charge in [0.05, 0.1) is 37.6 Å². The van der Waals surface area contributed by atoms with E-state index in [1.54, 1.807) is 42.5 Å². The third kappa shape index (κ3) is 6.49. The minimum Gasteiger partial charge on any atom is -0.497 e. The Morgan fingerprint density at radius 2 is 1.74 bits per heavy atom. The second-order valence-corrected chi connectivity index (χ2v) is 8.98. The summed E-state index contributed by atoms with van der Waals surface area (Å²) < 4.78 is 57.6. The lowest BCUT2D eigenvalue weighted by Gasteiger charge is -2.12. The van der Waals surface area contributed by atoms with Gasteiger partial charge >= 0.3 is 12.2 Å². The summed E-state index contributed by atoms with van der Waals surface area (Å²) in [5, 5.41) is 7.19. The van der Waals surface area contributed by atoms with Crippen molar-refractivity contribution >= 4 is 11.6 Å². The van der Waals surface area contributed by atoms with Gasteiger partial charge in [-0.2, -0.15) is 18.2 Å². The molecule has 0 saturated carbocycles. The molecule has 4 aromatic rings. The predicted octanol–water partition coefficient (Wildman–Crippen LogP) is 6.26. The number of halogens is 3. The molecule has 0 saturated heterocycles. The molecule has 0 fully saturated rings. The number of aromatic nitrogens is 3. The Bertz CT molecular complexity index is 1450. The average Bonchev–Trinajstić information content (AvgIpc) is 3.36. The molecule has 0 atom stereocenters. The van der Waals surface area contributed by atoms with Crippen molar-refractivity contribution in [3.63, 3.8) is 0 Å². The molecule has 1 aromatic heterocycles. The van der Waals surface area contributed by atoms with Gasteiger partial charge in [0.2, 0.25) is 0 Å². The van der Waals surface area contributed by atoms with E-state index in [0.29, 0.717) is 35.0 Å². The highest BCUT2D eigenvalue weighted by Crippen LogP contribution is 2.33. The number of benzene rings is 3. The Morgan fingerprint density at radius 1 is 1.00 bits per heavy atom. The van der Waals surface area contributed by atoms with Gasteiger partial charge in [-0.05, 0) is 54.4 Å². The van der Waals surface area contributed by atoms with E-state index < -0.39 is 17.6 Å². The van der Waals surface area contributed by atoms with Crippen molar-refractivity contribution in [2.24, 2.45) is 5.92 Å². The van der Waals surface area contributed by atoms with Crippen LogP contribution in [0.15, 0.2) is 66.7 Å². The number of amides is 1. The molecule has 39 heavy (non-hydrogen) atoms. The number of carbonyl (C=O) groups is 1. The highest BCUT2D eigenvalue weighted by molar-refractivity contribution is 6.06. The maximum atomic E-state index is 13.4. The van der Waals surface area contributed by atoms with Crippen molar-refractivity contribution in [1.29, 1.82) is 0 Å². The third-order valence-corrected chi connectivity index (χ3v) is 5.60. The molecular formula is C28H27F3N4O4. The molecule has 0 unspecified atom stereocenters. The van der Waals surface area contributed by atoms with E-state index in [2.05, 4.69) is 15.4 Å². The van der Waals surface area contributed by atoms with Crippen LogP contribution in [-0.4, -0.2) is 41.5 Å². The number of anilines is 1. The Hall–Kier alpha value is -4.54. The maximum Gasteiger partial charge on any atom is 0.416 e. The zero-order valence-electron chi connectivity index (χ0n) is 21.7. The Labute approximate surface area is 223 Å². The number of hydrogen-bond acceptors (Lipinski definition) is 6. The number of nitrogens with one attached hydrogen (secondary N) is 1. The van der Waals surface area contributed by atoms with E-state index in [0.717, 1.165) is 12.1 Å². The van der Waals surface area contributed by atoms with Gasteiger partial charge in [0.25, 0.3) is 5.91 Å². The van der Waals surface area contributed by atoms with Crippen molar-refractivity contribution < 1.29 is 32.2 Å². The second kappa shape index (κ2) is 11.5. The van der Waals surface area contributed by atoms with Crippen LogP contribution < -0.4 is 19.5 Å². The molecule has 204 valence electrons. The van der Waals surface area contributed by atoms with E-state index >= 15 is 0 Å². The van der Waals surface area contributed by atoms with Gasteiger partial charge in [0, 0.05) is 17.3 Å². The molecule has 1 amide bonds. The molecule has 8 nitrogen and oxygen atoms in total. The summed E-state index contributed by atoms with van der Waals surface area (Å²) in [4.78, 5) is 17.2. The first kappa shape index (κ1) is 27.5. The molecule has 0 bridgehead atoms. The van der Waals surface area contributed by atoms with E-state index in [9.17, 15) is 18.0 Å². The van der Waals surface area contributed by atoms with Crippen LogP contribution in [0.4, 0.5) is 18.9 Å². The van der Waals surface area contributed by atoms with Crippen LogP contribution in [0.2, 0.25) is 0 Å². The zero-order chi connectivity index (χ0) is 28.2. The number of nitrogens with zero attached hydrogens (tertiary/aromatic N) is 3. The molecule has 4 rings (SSSR count). The largest absolute Gasteiger partial charge is 0.497 e. The van der Waals surface area contributed by atoms with Crippen molar-refractivity contribution in [3.05, 3.63) is 77.9 Å². The van der Waals surface area contributed by atoms with E-state index in [1.807, 2.05) is 13.8 Å². The molecular weight excluding hydrogens is 513 g/mol. The number of carbonyl (C=O) groups excluding carboxylic acids is 1. The maximum absolute atomic E-state index is 13.4. The highest BCUT2D eigenvalue weighted by Gasteiger charge is 2.31. The third-order valence-electron chi connectivity index (χ3n) is 5.60. The molecule has 1 N–H and O–H groups in total. The summed E-state index contributed by atoms with van der Waals surface area (Å²) in [5.74, 6) is 0.887. The monoisotopic (exact) mass is 540 g/mol. The van der Waals surface area contributed by atoms with Gasteiger partial charge < -0.3 is 19.5 Å². The second-order valence-electron chi connectivity index (χ2n) is 8.98. The van der Waals surface area contributed by atoms with Crippen molar-refractivity contribution in [3.8, 4) is 34.6 Å². The van der Waals surface area contributed by atoms with E-state index in [4.69, 9.17) is 14.2 Å². The number of ether oxygens (including phenoxy) is 3. The van der Waals surface area contributed by atoms with Gasteiger partial charge in [0.1, 0.15) is 11.5 Å². The first-order valence-corrected chi connectivity index (χ1v) is 12.0. The summed E-state index contributed by atoms with van der Waals surface area (Å²) in [7, 11) is 2.97. The molecule has 0 aliphatic heterocycles. The van der Waals surface area contributed by atoms with Crippen LogP contribution in [0.3, 0.4) is 0 Å². The number of rotatable bonds is 9. The van der Waals surface area contributed by atoms with Gasteiger partial charge in [-0.3, -0.25) is 4.79 Å². The fourth-order valence-electron chi connectivity index (χ4n) is 3.67. The van der Waals surface area contributed by atoms with E-state index in [-0.39, 0.29) is 23.3 Å². The van der Waals surface area contributed by atoms with Gasteiger partial charge in [-0.1, -0.05) is 26.0 Å².